The zero-order valence-corrected chi connectivity index (χ0v) is 9.99. The van der Waals surface area contributed by atoms with Crippen LogP contribution in [0.1, 0.15) is 11.1 Å². The third kappa shape index (κ3) is 2.41. The lowest BCUT2D eigenvalue weighted by Crippen LogP contribution is -2.22. The molecule has 1 aromatic carbocycles. The monoisotopic (exact) mass is 262 g/mol. The van der Waals surface area contributed by atoms with Crippen molar-refractivity contribution in [2.75, 3.05) is 0 Å². The van der Waals surface area contributed by atoms with Crippen molar-refractivity contribution in [1.29, 1.82) is 5.26 Å². The van der Waals surface area contributed by atoms with Crippen molar-refractivity contribution in [3.05, 3.63) is 68.8 Å². The molecule has 0 amide bonds. The fourth-order valence-electron chi connectivity index (χ4n) is 1.58. The summed E-state index contributed by atoms with van der Waals surface area (Å²) in [6, 6.07) is 9.15. The van der Waals surface area contributed by atoms with Gasteiger partial charge in [-0.3, -0.25) is 4.79 Å². The number of benzene rings is 1. The molecule has 0 atom stereocenters. The van der Waals surface area contributed by atoms with Gasteiger partial charge >= 0.3 is 0 Å². The molecule has 0 saturated carbocycles. The summed E-state index contributed by atoms with van der Waals surface area (Å²) in [4.78, 5) is 11.8. The Morgan fingerprint density at radius 3 is 2.83 bits per heavy atom. The molecule has 0 saturated heterocycles. The van der Waals surface area contributed by atoms with Crippen molar-refractivity contribution in [3.8, 4) is 6.07 Å². The summed E-state index contributed by atoms with van der Waals surface area (Å²) in [6.45, 7) is 0.244. The number of hydrogen-bond acceptors (Lipinski definition) is 2. The fraction of sp³-hybridized carbons (Fsp3) is 0.0769. The van der Waals surface area contributed by atoms with Gasteiger partial charge in [0.15, 0.2) is 0 Å². The standard InChI is InChI=1S/C13H8ClFN2O/c14-11-6-9(3-4-12(11)15)8-17-5-1-2-10(7-16)13(17)18/h1-6H,8H2. The van der Waals surface area contributed by atoms with Gasteiger partial charge in [-0.15, -0.1) is 0 Å². The Bertz CT molecular complexity index is 688. The lowest BCUT2D eigenvalue weighted by molar-refractivity contribution is 0.626. The van der Waals surface area contributed by atoms with E-state index in [1.807, 2.05) is 6.07 Å². The topological polar surface area (TPSA) is 45.8 Å². The van der Waals surface area contributed by atoms with Crippen LogP contribution in [0.25, 0.3) is 0 Å². The average molecular weight is 263 g/mol. The molecule has 3 nitrogen and oxygen atoms in total. The maximum atomic E-state index is 13.0. The van der Waals surface area contributed by atoms with Crippen LogP contribution < -0.4 is 5.56 Å². The number of rotatable bonds is 2. The molecule has 0 unspecified atom stereocenters. The van der Waals surface area contributed by atoms with E-state index in [4.69, 9.17) is 16.9 Å². The highest BCUT2D eigenvalue weighted by Crippen LogP contribution is 2.16. The van der Waals surface area contributed by atoms with E-state index < -0.39 is 5.82 Å². The zero-order valence-electron chi connectivity index (χ0n) is 9.23. The summed E-state index contributed by atoms with van der Waals surface area (Å²) in [5, 5.41) is 8.77. The molecule has 18 heavy (non-hydrogen) atoms. The van der Waals surface area contributed by atoms with E-state index in [0.717, 1.165) is 0 Å². The van der Waals surface area contributed by atoms with Gasteiger partial charge in [-0.05, 0) is 29.8 Å². The van der Waals surface area contributed by atoms with Crippen LogP contribution in [-0.2, 0) is 6.54 Å². The first-order valence-corrected chi connectivity index (χ1v) is 5.53. The van der Waals surface area contributed by atoms with Gasteiger partial charge in [-0.2, -0.15) is 5.26 Å². The van der Waals surface area contributed by atoms with Crippen LogP contribution in [0.2, 0.25) is 5.02 Å². The molecule has 1 aromatic heterocycles. The van der Waals surface area contributed by atoms with Gasteiger partial charge in [0.05, 0.1) is 11.6 Å². The molecule has 0 fully saturated rings. The Morgan fingerprint density at radius 2 is 2.17 bits per heavy atom. The zero-order chi connectivity index (χ0) is 13.1. The van der Waals surface area contributed by atoms with Gasteiger partial charge in [-0.1, -0.05) is 17.7 Å². The molecule has 1 heterocycles. The Hall–Kier alpha value is -2.12. The van der Waals surface area contributed by atoms with Crippen molar-refractivity contribution >= 4 is 11.6 Å². The Kier molecular flexibility index (Phi) is 3.45. The first kappa shape index (κ1) is 12.3. The van der Waals surface area contributed by atoms with E-state index in [0.29, 0.717) is 5.56 Å². The van der Waals surface area contributed by atoms with Crippen LogP contribution in [0, 0.1) is 17.1 Å². The molecule has 5 heteroatoms. The smallest absolute Gasteiger partial charge is 0.268 e. The van der Waals surface area contributed by atoms with Crippen molar-refractivity contribution in [2.45, 2.75) is 6.54 Å². The van der Waals surface area contributed by atoms with Crippen molar-refractivity contribution in [2.24, 2.45) is 0 Å². The molecule has 2 rings (SSSR count). The maximum absolute atomic E-state index is 13.0. The van der Waals surface area contributed by atoms with Gasteiger partial charge < -0.3 is 4.57 Å². The quantitative estimate of drug-likeness (QED) is 0.835. The normalized spacial score (nSPS) is 10.1. The molecule has 0 aliphatic rings. The molecule has 0 bridgehead atoms. The maximum Gasteiger partial charge on any atom is 0.268 e. The predicted octanol–water partition coefficient (Wildman–Crippen LogP) is 2.56. The number of nitriles is 1. The molecular formula is C13H8ClFN2O. The van der Waals surface area contributed by atoms with Crippen LogP contribution in [0.4, 0.5) is 4.39 Å². The minimum Gasteiger partial charge on any atom is -0.310 e. The van der Waals surface area contributed by atoms with Crippen LogP contribution >= 0.6 is 11.6 Å². The number of nitrogens with zero attached hydrogens (tertiary/aromatic N) is 2. The second-order valence-electron chi connectivity index (χ2n) is 3.72. The average Bonchev–Trinajstić information content (AvgIpc) is 2.36. The van der Waals surface area contributed by atoms with Gasteiger partial charge in [0.25, 0.3) is 5.56 Å². The van der Waals surface area contributed by atoms with Gasteiger partial charge in [-0.25, -0.2) is 4.39 Å². The van der Waals surface area contributed by atoms with Gasteiger partial charge in [0.1, 0.15) is 17.4 Å². The predicted molar refractivity (Wildman–Crippen MR) is 65.9 cm³/mol. The number of pyridine rings is 1. The fourth-order valence-corrected chi connectivity index (χ4v) is 1.78. The Balaban J connectivity index is 2.38. The highest BCUT2D eigenvalue weighted by atomic mass is 35.5. The molecule has 0 aliphatic carbocycles. The van der Waals surface area contributed by atoms with Crippen LogP contribution in [-0.4, -0.2) is 4.57 Å². The molecular weight excluding hydrogens is 255 g/mol. The molecule has 90 valence electrons. The van der Waals surface area contributed by atoms with E-state index >= 15 is 0 Å². The SMILES string of the molecule is N#Cc1cccn(Cc2ccc(F)c(Cl)c2)c1=O. The summed E-state index contributed by atoms with van der Waals surface area (Å²) in [5.74, 6) is -0.501. The second-order valence-corrected chi connectivity index (χ2v) is 4.12. The van der Waals surface area contributed by atoms with Gasteiger partial charge in [0, 0.05) is 6.20 Å². The number of halogens is 2. The van der Waals surface area contributed by atoms with Crippen LogP contribution in [0.3, 0.4) is 0 Å². The van der Waals surface area contributed by atoms with E-state index in [9.17, 15) is 9.18 Å². The molecule has 0 radical (unpaired) electrons. The number of aromatic nitrogens is 1. The molecule has 2 aromatic rings. The van der Waals surface area contributed by atoms with Crippen LogP contribution in [0.5, 0.6) is 0 Å². The second kappa shape index (κ2) is 5.03. The summed E-state index contributed by atoms with van der Waals surface area (Å²) < 4.78 is 14.4. The highest BCUT2D eigenvalue weighted by molar-refractivity contribution is 6.30. The summed E-state index contributed by atoms with van der Waals surface area (Å²) in [6.07, 6.45) is 1.57. The highest BCUT2D eigenvalue weighted by Gasteiger charge is 2.05. The minimum atomic E-state index is -0.501. The summed E-state index contributed by atoms with van der Waals surface area (Å²) in [7, 11) is 0. The summed E-state index contributed by atoms with van der Waals surface area (Å²) in [5.41, 5.74) is 0.393. The summed E-state index contributed by atoms with van der Waals surface area (Å²) >= 11 is 5.66. The Morgan fingerprint density at radius 1 is 1.39 bits per heavy atom. The van der Waals surface area contributed by atoms with E-state index in [2.05, 4.69) is 0 Å². The van der Waals surface area contributed by atoms with Gasteiger partial charge in [0.2, 0.25) is 0 Å². The van der Waals surface area contributed by atoms with E-state index in [1.165, 1.54) is 22.8 Å². The third-order valence-corrected chi connectivity index (χ3v) is 2.77. The Labute approximate surface area is 108 Å². The molecule has 0 aliphatic heterocycles. The van der Waals surface area contributed by atoms with Crippen molar-refractivity contribution < 1.29 is 4.39 Å². The van der Waals surface area contributed by atoms with Crippen LogP contribution in [0.15, 0.2) is 41.3 Å². The first-order chi connectivity index (χ1) is 8.61. The largest absolute Gasteiger partial charge is 0.310 e. The lowest BCUT2D eigenvalue weighted by atomic mass is 10.2. The molecule has 0 spiro atoms. The lowest BCUT2D eigenvalue weighted by Gasteiger charge is -2.06. The van der Waals surface area contributed by atoms with Crippen molar-refractivity contribution in [3.63, 3.8) is 0 Å². The number of hydrogen-bond donors (Lipinski definition) is 0. The first-order valence-electron chi connectivity index (χ1n) is 5.15. The minimum absolute atomic E-state index is 0.0111. The van der Waals surface area contributed by atoms with E-state index in [1.54, 1.807) is 18.3 Å². The molecule has 0 N–H and O–H groups in total. The van der Waals surface area contributed by atoms with E-state index in [-0.39, 0.29) is 22.7 Å². The van der Waals surface area contributed by atoms with Crippen molar-refractivity contribution in [1.82, 2.24) is 4.57 Å². The third-order valence-electron chi connectivity index (χ3n) is 2.48.